The Kier molecular flexibility index (Phi) is 4.59. The van der Waals surface area contributed by atoms with Gasteiger partial charge in [-0.2, -0.15) is 0 Å². The van der Waals surface area contributed by atoms with Gasteiger partial charge in [-0.3, -0.25) is 4.79 Å². The molecule has 1 saturated heterocycles. The SMILES string of the molecule is CC(C)C(=O)N(C)C1CN(C(=O)N(C)C(C)C)C1. The Morgan fingerprint density at radius 1 is 1.11 bits per heavy atom. The molecule has 0 aromatic carbocycles. The highest BCUT2D eigenvalue weighted by Gasteiger charge is 2.37. The molecule has 5 nitrogen and oxygen atoms in total. The van der Waals surface area contributed by atoms with Gasteiger partial charge in [-0.25, -0.2) is 4.79 Å². The number of carbonyl (C=O) groups excluding carboxylic acids is 2. The van der Waals surface area contributed by atoms with Crippen molar-refractivity contribution >= 4 is 11.9 Å². The van der Waals surface area contributed by atoms with Crippen molar-refractivity contribution in [1.29, 1.82) is 0 Å². The highest BCUT2D eigenvalue weighted by atomic mass is 16.2. The third-order valence-electron chi connectivity index (χ3n) is 3.60. The van der Waals surface area contributed by atoms with Crippen molar-refractivity contribution in [2.45, 2.75) is 39.8 Å². The Balaban J connectivity index is 2.45. The predicted octanol–water partition coefficient (Wildman–Crippen LogP) is 1.25. The van der Waals surface area contributed by atoms with Gasteiger partial charge in [0.25, 0.3) is 0 Å². The van der Waals surface area contributed by atoms with Gasteiger partial charge >= 0.3 is 6.03 Å². The van der Waals surface area contributed by atoms with Crippen molar-refractivity contribution in [1.82, 2.24) is 14.7 Å². The van der Waals surface area contributed by atoms with E-state index in [4.69, 9.17) is 0 Å². The summed E-state index contributed by atoms with van der Waals surface area (Å²) in [6.45, 7) is 9.06. The van der Waals surface area contributed by atoms with Crippen LogP contribution < -0.4 is 0 Å². The Morgan fingerprint density at radius 2 is 1.61 bits per heavy atom. The molecule has 0 aromatic rings. The number of rotatable bonds is 3. The maximum absolute atomic E-state index is 12.0. The van der Waals surface area contributed by atoms with Crippen LogP contribution in [0.15, 0.2) is 0 Å². The van der Waals surface area contributed by atoms with E-state index < -0.39 is 0 Å². The molecule has 0 aromatic heterocycles. The average molecular weight is 255 g/mol. The second-order valence-electron chi connectivity index (χ2n) is 5.65. The maximum atomic E-state index is 12.0. The average Bonchev–Trinajstić information content (AvgIpc) is 2.23. The highest BCUT2D eigenvalue weighted by Crippen LogP contribution is 2.17. The lowest BCUT2D eigenvalue weighted by Gasteiger charge is -2.46. The second-order valence-corrected chi connectivity index (χ2v) is 5.65. The zero-order valence-electron chi connectivity index (χ0n) is 12.3. The number of likely N-dealkylation sites (tertiary alicyclic amines) is 1. The summed E-state index contributed by atoms with van der Waals surface area (Å²) in [7, 11) is 3.63. The van der Waals surface area contributed by atoms with E-state index in [0.29, 0.717) is 13.1 Å². The van der Waals surface area contributed by atoms with Gasteiger partial charge in [0.15, 0.2) is 0 Å². The third kappa shape index (κ3) is 2.94. The highest BCUT2D eigenvalue weighted by molar-refractivity contribution is 5.79. The van der Waals surface area contributed by atoms with Crippen LogP contribution in [-0.4, -0.2) is 65.9 Å². The van der Waals surface area contributed by atoms with E-state index in [9.17, 15) is 9.59 Å². The van der Waals surface area contributed by atoms with Crippen LogP contribution in [0.3, 0.4) is 0 Å². The molecule has 5 heteroatoms. The molecule has 0 unspecified atom stereocenters. The molecule has 0 aliphatic carbocycles. The molecule has 0 radical (unpaired) electrons. The van der Waals surface area contributed by atoms with Crippen molar-refractivity contribution in [2.24, 2.45) is 5.92 Å². The molecule has 1 rings (SSSR count). The van der Waals surface area contributed by atoms with Crippen molar-refractivity contribution in [3.05, 3.63) is 0 Å². The lowest BCUT2D eigenvalue weighted by Crippen LogP contribution is -2.64. The monoisotopic (exact) mass is 255 g/mol. The van der Waals surface area contributed by atoms with E-state index in [1.807, 2.05) is 41.8 Å². The Hall–Kier alpha value is -1.26. The van der Waals surface area contributed by atoms with E-state index in [1.54, 1.807) is 14.7 Å². The lowest BCUT2D eigenvalue weighted by atomic mass is 10.1. The predicted molar refractivity (Wildman–Crippen MR) is 71.3 cm³/mol. The van der Waals surface area contributed by atoms with Crippen molar-refractivity contribution in [2.75, 3.05) is 27.2 Å². The fourth-order valence-electron chi connectivity index (χ4n) is 1.89. The van der Waals surface area contributed by atoms with Crippen molar-refractivity contribution in [3.63, 3.8) is 0 Å². The van der Waals surface area contributed by atoms with E-state index in [-0.39, 0.29) is 29.9 Å². The summed E-state index contributed by atoms with van der Waals surface area (Å²) in [5, 5.41) is 0. The minimum atomic E-state index is 0.0121. The van der Waals surface area contributed by atoms with Gasteiger partial charge in [0.1, 0.15) is 0 Å². The number of urea groups is 1. The normalized spacial score (nSPS) is 15.9. The van der Waals surface area contributed by atoms with E-state index in [0.717, 1.165) is 0 Å². The Bertz CT molecular complexity index is 322. The zero-order chi connectivity index (χ0) is 14.0. The molecule has 0 saturated carbocycles. The molecule has 1 aliphatic rings. The molecule has 3 amide bonds. The van der Waals surface area contributed by atoms with Gasteiger partial charge in [0.05, 0.1) is 6.04 Å². The molecule has 0 spiro atoms. The summed E-state index contributed by atoms with van der Waals surface area (Å²) in [6.07, 6.45) is 0. The number of carbonyl (C=O) groups is 2. The summed E-state index contributed by atoms with van der Waals surface area (Å²) in [6, 6.07) is 0.419. The summed E-state index contributed by atoms with van der Waals surface area (Å²) >= 11 is 0. The first-order valence-corrected chi connectivity index (χ1v) is 6.54. The van der Waals surface area contributed by atoms with Gasteiger partial charge < -0.3 is 14.7 Å². The minimum Gasteiger partial charge on any atom is -0.339 e. The molecule has 0 atom stereocenters. The molecule has 1 fully saturated rings. The number of hydrogen-bond acceptors (Lipinski definition) is 2. The number of likely N-dealkylation sites (N-methyl/N-ethyl adjacent to an activating group) is 1. The summed E-state index contributed by atoms with van der Waals surface area (Å²) < 4.78 is 0. The molecular formula is C13H25N3O2. The minimum absolute atomic E-state index is 0.0121. The van der Waals surface area contributed by atoms with Crippen LogP contribution in [0, 0.1) is 5.92 Å². The largest absolute Gasteiger partial charge is 0.339 e. The van der Waals surface area contributed by atoms with Crippen LogP contribution in [0.4, 0.5) is 4.79 Å². The molecule has 0 bridgehead atoms. The summed E-state index contributed by atoms with van der Waals surface area (Å²) in [4.78, 5) is 29.1. The Labute approximate surface area is 110 Å². The molecule has 18 heavy (non-hydrogen) atoms. The van der Waals surface area contributed by atoms with Crippen LogP contribution in [0.1, 0.15) is 27.7 Å². The van der Waals surface area contributed by atoms with Crippen molar-refractivity contribution < 1.29 is 9.59 Å². The fourth-order valence-corrected chi connectivity index (χ4v) is 1.89. The van der Waals surface area contributed by atoms with Gasteiger partial charge in [0.2, 0.25) is 5.91 Å². The van der Waals surface area contributed by atoms with Crippen LogP contribution in [0.5, 0.6) is 0 Å². The van der Waals surface area contributed by atoms with Crippen LogP contribution in [0.25, 0.3) is 0 Å². The third-order valence-corrected chi connectivity index (χ3v) is 3.60. The van der Waals surface area contributed by atoms with E-state index in [1.165, 1.54) is 0 Å². The number of nitrogens with zero attached hydrogens (tertiary/aromatic N) is 3. The topological polar surface area (TPSA) is 43.9 Å². The van der Waals surface area contributed by atoms with E-state index in [2.05, 4.69) is 0 Å². The first-order chi connectivity index (χ1) is 8.25. The van der Waals surface area contributed by atoms with Crippen LogP contribution in [0.2, 0.25) is 0 Å². The quantitative estimate of drug-likeness (QED) is 0.761. The van der Waals surface area contributed by atoms with Crippen molar-refractivity contribution in [3.8, 4) is 0 Å². The summed E-state index contributed by atoms with van der Waals surface area (Å²) in [5.74, 6) is 0.155. The first kappa shape index (κ1) is 14.8. The molecule has 104 valence electrons. The number of amides is 3. The molecule has 1 aliphatic heterocycles. The zero-order valence-corrected chi connectivity index (χ0v) is 12.3. The van der Waals surface area contributed by atoms with Gasteiger partial charge in [-0.05, 0) is 13.8 Å². The lowest BCUT2D eigenvalue weighted by molar-refractivity contribution is -0.137. The van der Waals surface area contributed by atoms with E-state index >= 15 is 0 Å². The van der Waals surface area contributed by atoms with Crippen LogP contribution >= 0.6 is 0 Å². The number of hydrogen-bond donors (Lipinski definition) is 0. The van der Waals surface area contributed by atoms with Gasteiger partial charge in [-0.1, -0.05) is 13.8 Å². The molecule has 0 N–H and O–H groups in total. The first-order valence-electron chi connectivity index (χ1n) is 6.54. The van der Waals surface area contributed by atoms with Gasteiger partial charge in [0, 0.05) is 39.1 Å². The molecule has 1 heterocycles. The Morgan fingerprint density at radius 3 is 2.00 bits per heavy atom. The standard InChI is InChI=1S/C13H25N3O2/c1-9(2)12(17)15(6)11-7-16(8-11)13(18)14(5)10(3)4/h9-11H,7-8H2,1-6H3. The van der Waals surface area contributed by atoms with Crippen LogP contribution in [-0.2, 0) is 4.79 Å². The smallest absolute Gasteiger partial charge is 0.320 e. The summed E-state index contributed by atoms with van der Waals surface area (Å²) in [5.41, 5.74) is 0. The molecular weight excluding hydrogens is 230 g/mol. The van der Waals surface area contributed by atoms with Gasteiger partial charge in [-0.15, -0.1) is 0 Å². The fraction of sp³-hybridized carbons (Fsp3) is 0.846. The maximum Gasteiger partial charge on any atom is 0.320 e. The second kappa shape index (κ2) is 5.59.